The number of carbonyl (C=O) groups excluding carboxylic acids is 2. The number of hydrogen-bond donors (Lipinski definition) is 1. The van der Waals surface area contributed by atoms with E-state index in [2.05, 4.69) is 10.3 Å². The van der Waals surface area contributed by atoms with Crippen LogP contribution in [0.1, 0.15) is 12.0 Å². The Bertz CT molecular complexity index is 761. The Balaban J connectivity index is 1.76. The number of hydrogen-bond acceptors (Lipinski definition) is 4. The number of methoxy groups -OCH3 is 1. The van der Waals surface area contributed by atoms with Crippen LogP contribution < -0.4 is 15.0 Å². The molecule has 1 aliphatic heterocycles. The van der Waals surface area contributed by atoms with Crippen LogP contribution >= 0.6 is 0 Å². The van der Waals surface area contributed by atoms with E-state index in [1.165, 1.54) is 0 Å². The second-order valence-electron chi connectivity index (χ2n) is 5.81. The number of ether oxygens (including phenoxy) is 1. The van der Waals surface area contributed by atoms with E-state index in [0.29, 0.717) is 23.7 Å². The number of benzene rings is 1. The van der Waals surface area contributed by atoms with E-state index < -0.39 is 5.92 Å². The minimum atomic E-state index is -0.393. The number of aryl methyl sites for hydroxylation is 1. The molecule has 0 bridgehead atoms. The molecule has 0 radical (unpaired) electrons. The van der Waals surface area contributed by atoms with Crippen LogP contribution in [0.25, 0.3) is 0 Å². The second-order valence-corrected chi connectivity index (χ2v) is 5.81. The molecule has 0 spiro atoms. The van der Waals surface area contributed by atoms with Crippen molar-refractivity contribution in [2.24, 2.45) is 5.92 Å². The standard InChI is InChI=1S/C18H19N3O3/c1-12-3-4-16(24-2)15(9-12)21-11-13(10-17(21)22)18(23)20-14-5-7-19-8-6-14/h3-9,13H,10-11H2,1-2H3,(H,19,20,23). The third-order valence-corrected chi connectivity index (χ3v) is 4.07. The van der Waals surface area contributed by atoms with Gasteiger partial charge in [0.1, 0.15) is 5.75 Å². The predicted molar refractivity (Wildman–Crippen MR) is 91.1 cm³/mol. The summed E-state index contributed by atoms with van der Waals surface area (Å²) in [5.41, 5.74) is 2.42. The quantitative estimate of drug-likeness (QED) is 0.937. The molecule has 1 N–H and O–H groups in total. The first-order chi connectivity index (χ1) is 11.6. The Kier molecular flexibility index (Phi) is 4.46. The maximum Gasteiger partial charge on any atom is 0.229 e. The van der Waals surface area contributed by atoms with Crippen LogP contribution in [0.2, 0.25) is 0 Å². The van der Waals surface area contributed by atoms with Crippen molar-refractivity contribution in [3.8, 4) is 5.75 Å². The SMILES string of the molecule is COc1ccc(C)cc1N1CC(C(=O)Nc2ccncc2)CC1=O. The van der Waals surface area contributed by atoms with Gasteiger partial charge < -0.3 is 15.0 Å². The molecule has 6 heteroatoms. The minimum absolute atomic E-state index is 0.0752. The molecule has 1 aromatic carbocycles. The summed E-state index contributed by atoms with van der Waals surface area (Å²) in [6, 6.07) is 9.10. The highest BCUT2D eigenvalue weighted by molar-refractivity contribution is 6.04. The summed E-state index contributed by atoms with van der Waals surface area (Å²) < 4.78 is 5.35. The third-order valence-electron chi connectivity index (χ3n) is 4.07. The maximum absolute atomic E-state index is 12.4. The van der Waals surface area contributed by atoms with Crippen LogP contribution in [0.5, 0.6) is 5.75 Å². The van der Waals surface area contributed by atoms with E-state index in [1.54, 1.807) is 36.5 Å². The molecule has 124 valence electrons. The van der Waals surface area contributed by atoms with Gasteiger partial charge in [-0.15, -0.1) is 0 Å². The van der Waals surface area contributed by atoms with Crippen LogP contribution in [0.4, 0.5) is 11.4 Å². The number of anilines is 2. The van der Waals surface area contributed by atoms with E-state index in [-0.39, 0.29) is 18.2 Å². The van der Waals surface area contributed by atoms with Crippen molar-refractivity contribution < 1.29 is 14.3 Å². The van der Waals surface area contributed by atoms with Crippen molar-refractivity contribution >= 4 is 23.2 Å². The third kappa shape index (κ3) is 3.22. The number of aromatic nitrogens is 1. The van der Waals surface area contributed by atoms with Gasteiger partial charge in [0.05, 0.1) is 18.7 Å². The molecule has 24 heavy (non-hydrogen) atoms. The highest BCUT2D eigenvalue weighted by Crippen LogP contribution is 2.34. The molecule has 1 saturated heterocycles. The Hall–Kier alpha value is -2.89. The monoisotopic (exact) mass is 325 g/mol. The highest BCUT2D eigenvalue weighted by Gasteiger charge is 2.36. The summed E-state index contributed by atoms with van der Waals surface area (Å²) in [6.45, 7) is 2.30. The van der Waals surface area contributed by atoms with Crippen molar-refractivity contribution in [1.29, 1.82) is 0 Å². The zero-order valence-electron chi connectivity index (χ0n) is 13.7. The van der Waals surface area contributed by atoms with Crippen molar-refractivity contribution in [3.63, 3.8) is 0 Å². The summed E-state index contributed by atoms with van der Waals surface area (Å²) in [6.07, 6.45) is 3.41. The van der Waals surface area contributed by atoms with Gasteiger partial charge in [-0.2, -0.15) is 0 Å². The minimum Gasteiger partial charge on any atom is -0.495 e. The van der Waals surface area contributed by atoms with Gasteiger partial charge >= 0.3 is 0 Å². The molecule has 0 saturated carbocycles. The Morgan fingerprint density at radius 2 is 2.04 bits per heavy atom. The fourth-order valence-corrected chi connectivity index (χ4v) is 2.81. The molecule has 0 aliphatic carbocycles. The van der Waals surface area contributed by atoms with E-state index >= 15 is 0 Å². The number of nitrogens with one attached hydrogen (secondary N) is 1. The fourth-order valence-electron chi connectivity index (χ4n) is 2.81. The molecule has 1 unspecified atom stereocenters. The molecule has 1 aromatic heterocycles. The van der Waals surface area contributed by atoms with Gasteiger partial charge in [-0.3, -0.25) is 14.6 Å². The van der Waals surface area contributed by atoms with Crippen LogP contribution in [0.3, 0.4) is 0 Å². The van der Waals surface area contributed by atoms with Gasteiger partial charge in [-0.1, -0.05) is 6.07 Å². The average molecular weight is 325 g/mol. The first-order valence-corrected chi connectivity index (χ1v) is 7.74. The molecule has 6 nitrogen and oxygen atoms in total. The number of rotatable bonds is 4. The van der Waals surface area contributed by atoms with Crippen molar-refractivity contribution in [3.05, 3.63) is 48.3 Å². The highest BCUT2D eigenvalue weighted by atomic mass is 16.5. The van der Waals surface area contributed by atoms with E-state index in [4.69, 9.17) is 4.74 Å². The first kappa shape index (κ1) is 16.0. The Morgan fingerprint density at radius 1 is 1.29 bits per heavy atom. The maximum atomic E-state index is 12.4. The predicted octanol–water partition coefficient (Wildman–Crippen LogP) is 2.39. The lowest BCUT2D eigenvalue weighted by molar-refractivity contribution is -0.122. The van der Waals surface area contributed by atoms with Crippen molar-refractivity contribution in [1.82, 2.24) is 4.98 Å². The topological polar surface area (TPSA) is 71.5 Å². The molecular weight excluding hydrogens is 306 g/mol. The lowest BCUT2D eigenvalue weighted by Gasteiger charge is -2.20. The normalized spacial score (nSPS) is 17.0. The van der Waals surface area contributed by atoms with Crippen LogP contribution in [0.15, 0.2) is 42.7 Å². The molecule has 3 rings (SSSR count). The summed E-state index contributed by atoms with van der Waals surface area (Å²) in [4.78, 5) is 30.4. The largest absolute Gasteiger partial charge is 0.495 e. The van der Waals surface area contributed by atoms with Gasteiger partial charge in [-0.25, -0.2) is 0 Å². The van der Waals surface area contributed by atoms with Crippen LogP contribution in [0, 0.1) is 12.8 Å². The number of pyridine rings is 1. The first-order valence-electron chi connectivity index (χ1n) is 7.74. The van der Waals surface area contributed by atoms with E-state index in [1.807, 2.05) is 25.1 Å². The smallest absolute Gasteiger partial charge is 0.229 e. The lowest BCUT2D eigenvalue weighted by atomic mass is 10.1. The fraction of sp³-hybridized carbons (Fsp3) is 0.278. The molecule has 1 fully saturated rings. The van der Waals surface area contributed by atoms with Gasteiger partial charge in [0.15, 0.2) is 0 Å². The van der Waals surface area contributed by atoms with Crippen molar-refractivity contribution in [2.45, 2.75) is 13.3 Å². The van der Waals surface area contributed by atoms with Gasteiger partial charge in [0.25, 0.3) is 0 Å². The molecule has 1 aliphatic rings. The summed E-state index contributed by atoms with van der Waals surface area (Å²) in [7, 11) is 1.57. The molecule has 1 atom stereocenters. The zero-order valence-corrected chi connectivity index (χ0v) is 13.7. The van der Waals surface area contributed by atoms with Crippen LogP contribution in [-0.4, -0.2) is 30.5 Å². The van der Waals surface area contributed by atoms with Gasteiger partial charge in [0, 0.05) is 31.0 Å². The lowest BCUT2D eigenvalue weighted by Crippen LogP contribution is -2.28. The summed E-state index contributed by atoms with van der Waals surface area (Å²) in [5, 5.41) is 2.83. The van der Waals surface area contributed by atoms with E-state index in [9.17, 15) is 9.59 Å². The Labute approximate surface area is 140 Å². The van der Waals surface area contributed by atoms with Gasteiger partial charge in [-0.05, 0) is 36.8 Å². The van der Waals surface area contributed by atoms with Gasteiger partial charge in [0.2, 0.25) is 11.8 Å². The Morgan fingerprint density at radius 3 is 2.75 bits per heavy atom. The number of carbonyl (C=O) groups is 2. The summed E-state index contributed by atoms with van der Waals surface area (Å²) >= 11 is 0. The molecule has 2 amide bonds. The second kappa shape index (κ2) is 6.70. The average Bonchev–Trinajstić information content (AvgIpc) is 2.97. The van der Waals surface area contributed by atoms with E-state index in [0.717, 1.165) is 5.56 Å². The number of amides is 2. The molecular formula is C18H19N3O3. The summed E-state index contributed by atoms with van der Waals surface area (Å²) in [5.74, 6) is -0.00234. The zero-order chi connectivity index (χ0) is 17.1. The molecule has 2 heterocycles. The number of nitrogens with zero attached hydrogens (tertiary/aromatic N) is 2. The van der Waals surface area contributed by atoms with Crippen molar-refractivity contribution in [2.75, 3.05) is 23.9 Å². The molecule has 2 aromatic rings. The van der Waals surface area contributed by atoms with Crippen LogP contribution in [-0.2, 0) is 9.59 Å².